The van der Waals surface area contributed by atoms with E-state index in [4.69, 9.17) is 0 Å². The summed E-state index contributed by atoms with van der Waals surface area (Å²) in [5, 5.41) is 0. The molecular weight excluding hydrogens is 205 g/mol. The molecule has 1 aliphatic rings. The number of hydrogen-bond acceptors (Lipinski definition) is 2. The van der Waals surface area contributed by atoms with Gasteiger partial charge < -0.3 is 0 Å². The van der Waals surface area contributed by atoms with Crippen molar-refractivity contribution in [1.29, 1.82) is 0 Å². The van der Waals surface area contributed by atoms with E-state index in [1.165, 1.54) is 18.6 Å². The molecule has 0 N–H and O–H groups in total. The summed E-state index contributed by atoms with van der Waals surface area (Å²) in [4.78, 5) is 14.5. The quantitative estimate of drug-likeness (QED) is 0.554. The lowest BCUT2D eigenvalue weighted by Gasteiger charge is -2.32. The van der Waals surface area contributed by atoms with Crippen LogP contribution in [-0.4, -0.2) is 6.08 Å². The van der Waals surface area contributed by atoms with Crippen LogP contribution in [0.5, 0.6) is 0 Å². The summed E-state index contributed by atoms with van der Waals surface area (Å²) >= 11 is 0. The van der Waals surface area contributed by atoms with Gasteiger partial charge in [-0.05, 0) is 30.5 Å². The van der Waals surface area contributed by atoms with E-state index >= 15 is 0 Å². The maximum atomic E-state index is 12.9. The molecule has 0 saturated heterocycles. The number of hydrogen-bond donors (Lipinski definition) is 0. The van der Waals surface area contributed by atoms with Crippen molar-refractivity contribution in [3.05, 3.63) is 35.6 Å². The molecule has 0 atom stereocenters. The molecule has 1 fully saturated rings. The van der Waals surface area contributed by atoms with Gasteiger partial charge in [-0.3, -0.25) is 0 Å². The van der Waals surface area contributed by atoms with Gasteiger partial charge >= 0.3 is 0 Å². The van der Waals surface area contributed by atoms with Crippen molar-refractivity contribution in [1.82, 2.24) is 0 Å². The Labute approximate surface area is 94.2 Å². The third kappa shape index (κ3) is 2.05. The van der Waals surface area contributed by atoms with Crippen LogP contribution in [0.4, 0.5) is 4.39 Å². The van der Waals surface area contributed by atoms with Gasteiger partial charge in [0.05, 0.1) is 5.54 Å². The molecule has 0 aromatic heterocycles. The Kier molecular flexibility index (Phi) is 3.16. The van der Waals surface area contributed by atoms with Crippen LogP contribution in [0.1, 0.15) is 37.7 Å². The van der Waals surface area contributed by atoms with Gasteiger partial charge in [-0.2, -0.15) is 4.99 Å². The minimum Gasteiger partial charge on any atom is -0.211 e. The zero-order valence-corrected chi connectivity index (χ0v) is 9.08. The summed E-state index contributed by atoms with van der Waals surface area (Å²) in [6.45, 7) is 0. The third-order valence-electron chi connectivity index (χ3n) is 3.32. The second-order valence-electron chi connectivity index (χ2n) is 4.30. The van der Waals surface area contributed by atoms with E-state index in [0.29, 0.717) is 0 Å². The normalized spacial score (nSPS) is 18.8. The lowest BCUT2D eigenvalue weighted by molar-refractivity contribution is 0.303. The standard InChI is InChI=1S/C13H14FNO/c14-12-6-4-11(5-7-12)13(15-10-16)8-2-1-3-9-13/h4-7H,1-3,8-9H2. The average molecular weight is 219 g/mol. The molecule has 0 heterocycles. The predicted octanol–water partition coefficient (Wildman–Crippen LogP) is 3.32. The van der Waals surface area contributed by atoms with Crippen molar-refractivity contribution < 1.29 is 9.18 Å². The molecular formula is C13H14FNO. The number of carbonyl (C=O) groups excluding carboxylic acids is 1. The molecule has 1 aromatic carbocycles. The van der Waals surface area contributed by atoms with Gasteiger partial charge in [-0.25, -0.2) is 9.18 Å². The summed E-state index contributed by atoms with van der Waals surface area (Å²) in [5.74, 6) is -0.259. The Bertz CT molecular complexity index is 400. The van der Waals surface area contributed by atoms with Gasteiger partial charge in [-0.1, -0.05) is 31.4 Å². The summed E-state index contributed by atoms with van der Waals surface area (Å²) in [6.07, 6.45) is 6.68. The highest BCUT2D eigenvalue weighted by molar-refractivity contribution is 5.38. The van der Waals surface area contributed by atoms with Gasteiger partial charge in [0.2, 0.25) is 6.08 Å². The second-order valence-corrected chi connectivity index (χ2v) is 4.30. The van der Waals surface area contributed by atoms with Gasteiger partial charge in [0.25, 0.3) is 0 Å². The second kappa shape index (κ2) is 4.58. The van der Waals surface area contributed by atoms with Crippen LogP contribution in [0, 0.1) is 5.82 Å². The number of benzene rings is 1. The van der Waals surface area contributed by atoms with E-state index in [2.05, 4.69) is 4.99 Å². The fraction of sp³-hybridized carbons (Fsp3) is 0.462. The maximum absolute atomic E-state index is 12.9. The van der Waals surface area contributed by atoms with E-state index < -0.39 is 5.54 Å². The van der Waals surface area contributed by atoms with Gasteiger partial charge in [0.15, 0.2) is 0 Å². The molecule has 0 aliphatic heterocycles. The van der Waals surface area contributed by atoms with Crippen LogP contribution < -0.4 is 0 Å². The summed E-state index contributed by atoms with van der Waals surface area (Å²) in [6, 6.07) is 6.29. The lowest BCUT2D eigenvalue weighted by Crippen LogP contribution is -2.26. The van der Waals surface area contributed by atoms with E-state index in [1.54, 1.807) is 18.2 Å². The van der Waals surface area contributed by atoms with E-state index in [9.17, 15) is 9.18 Å². The van der Waals surface area contributed by atoms with E-state index in [0.717, 1.165) is 31.2 Å². The van der Waals surface area contributed by atoms with Crippen molar-refractivity contribution in [3.8, 4) is 0 Å². The molecule has 3 heteroatoms. The monoisotopic (exact) mass is 219 g/mol. The molecule has 1 aliphatic carbocycles. The van der Waals surface area contributed by atoms with Gasteiger partial charge in [0.1, 0.15) is 5.82 Å². The topological polar surface area (TPSA) is 29.4 Å². The number of aliphatic imine (C=N–C) groups is 1. The van der Waals surface area contributed by atoms with Crippen LogP contribution >= 0.6 is 0 Å². The molecule has 2 nitrogen and oxygen atoms in total. The zero-order valence-electron chi connectivity index (χ0n) is 9.08. The van der Waals surface area contributed by atoms with Gasteiger partial charge in [-0.15, -0.1) is 0 Å². The first-order chi connectivity index (χ1) is 7.77. The Morgan fingerprint density at radius 2 is 1.75 bits per heavy atom. The maximum Gasteiger partial charge on any atom is 0.235 e. The van der Waals surface area contributed by atoms with Gasteiger partial charge in [0, 0.05) is 0 Å². The molecule has 84 valence electrons. The van der Waals surface area contributed by atoms with Crippen LogP contribution in [0.25, 0.3) is 0 Å². The van der Waals surface area contributed by atoms with Crippen molar-refractivity contribution in [2.75, 3.05) is 0 Å². The molecule has 0 spiro atoms. The SMILES string of the molecule is O=C=NC1(c2ccc(F)cc2)CCCCC1. The first-order valence-corrected chi connectivity index (χ1v) is 5.62. The molecule has 1 saturated carbocycles. The average Bonchev–Trinajstić information content (AvgIpc) is 2.31. The van der Waals surface area contributed by atoms with Crippen molar-refractivity contribution in [2.24, 2.45) is 4.99 Å². The molecule has 16 heavy (non-hydrogen) atoms. The molecule has 1 aromatic rings. The Hall–Kier alpha value is -1.47. The number of halogens is 1. The summed E-state index contributed by atoms with van der Waals surface area (Å²) < 4.78 is 12.9. The largest absolute Gasteiger partial charge is 0.235 e. The van der Waals surface area contributed by atoms with E-state index in [-0.39, 0.29) is 5.82 Å². The Morgan fingerprint density at radius 3 is 2.31 bits per heavy atom. The molecule has 2 rings (SSSR count). The van der Waals surface area contributed by atoms with Crippen molar-refractivity contribution in [2.45, 2.75) is 37.6 Å². The number of rotatable bonds is 2. The summed E-state index contributed by atoms with van der Waals surface area (Å²) in [7, 11) is 0. The van der Waals surface area contributed by atoms with Crippen LogP contribution in [0.2, 0.25) is 0 Å². The lowest BCUT2D eigenvalue weighted by atomic mass is 9.77. The minimum atomic E-state index is -0.451. The van der Waals surface area contributed by atoms with Crippen molar-refractivity contribution >= 4 is 6.08 Å². The highest BCUT2D eigenvalue weighted by Gasteiger charge is 2.33. The predicted molar refractivity (Wildman–Crippen MR) is 59.3 cm³/mol. The fourth-order valence-corrected chi connectivity index (χ4v) is 2.45. The highest BCUT2D eigenvalue weighted by atomic mass is 19.1. The molecule has 0 unspecified atom stereocenters. The first-order valence-electron chi connectivity index (χ1n) is 5.62. The smallest absolute Gasteiger partial charge is 0.211 e. The molecule has 0 bridgehead atoms. The van der Waals surface area contributed by atoms with E-state index in [1.807, 2.05) is 0 Å². The number of isocyanates is 1. The molecule has 0 radical (unpaired) electrons. The minimum absolute atomic E-state index is 0.259. The highest BCUT2D eigenvalue weighted by Crippen LogP contribution is 2.40. The first kappa shape index (κ1) is 11.0. The van der Waals surface area contributed by atoms with Crippen LogP contribution in [0.3, 0.4) is 0 Å². The Balaban J connectivity index is 2.38. The number of nitrogens with zero attached hydrogens (tertiary/aromatic N) is 1. The van der Waals surface area contributed by atoms with Crippen molar-refractivity contribution in [3.63, 3.8) is 0 Å². The Morgan fingerprint density at radius 1 is 1.12 bits per heavy atom. The van der Waals surface area contributed by atoms with Crippen LogP contribution in [-0.2, 0) is 10.3 Å². The molecule has 0 amide bonds. The van der Waals surface area contributed by atoms with Crippen LogP contribution in [0.15, 0.2) is 29.3 Å². The fourth-order valence-electron chi connectivity index (χ4n) is 2.45. The summed E-state index contributed by atoms with van der Waals surface area (Å²) in [5.41, 5.74) is 0.477. The zero-order chi connectivity index (χ0) is 11.4. The third-order valence-corrected chi connectivity index (χ3v) is 3.32.